The number of carbonyl (C=O) groups is 1. The second-order valence-corrected chi connectivity index (χ2v) is 6.05. The van der Waals surface area contributed by atoms with Crippen LogP contribution in [0.15, 0.2) is 24.3 Å². The highest BCUT2D eigenvalue weighted by Crippen LogP contribution is 2.37. The first-order chi connectivity index (χ1) is 9.50. The molecule has 0 amide bonds. The Morgan fingerprint density at radius 1 is 1.45 bits per heavy atom. The molecular formula is C17H25NO2. The molecule has 1 N–H and O–H groups in total. The second kappa shape index (κ2) is 5.96. The van der Waals surface area contributed by atoms with Crippen LogP contribution in [-0.2, 0) is 4.79 Å². The number of nitrogens with zero attached hydrogens (tertiary/aromatic N) is 1. The molecule has 0 bridgehead atoms. The van der Waals surface area contributed by atoms with Crippen molar-refractivity contribution in [3.05, 3.63) is 35.4 Å². The molecule has 1 aliphatic heterocycles. The van der Waals surface area contributed by atoms with Crippen molar-refractivity contribution in [3.8, 4) is 0 Å². The first-order valence-corrected chi connectivity index (χ1v) is 7.53. The highest BCUT2D eigenvalue weighted by atomic mass is 16.4. The summed E-state index contributed by atoms with van der Waals surface area (Å²) >= 11 is 0. The van der Waals surface area contributed by atoms with Gasteiger partial charge in [-0.2, -0.15) is 0 Å². The standard InChI is InChI=1S/C17H25NO2/c1-4-17(16(19)20)10-7-11-18(12-17)14(3)15-9-6-5-8-13(15)2/h5-6,8-9,14H,4,7,10-12H2,1-3H3,(H,19,20). The van der Waals surface area contributed by atoms with Gasteiger partial charge < -0.3 is 5.11 Å². The van der Waals surface area contributed by atoms with Gasteiger partial charge in [0.05, 0.1) is 5.41 Å². The van der Waals surface area contributed by atoms with Crippen molar-refractivity contribution in [3.63, 3.8) is 0 Å². The zero-order chi connectivity index (χ0) is 14.8. The summed E-state index contributed by atoms with van der Waals surface area (Å²) in [5, 5.41) is 9.59. The minimum absolute atomic E-state index is 0.279. The predicted octanol–water partition coefficient (Wildman–Crippen LogP) is 3.63. The fraction of sp³-hybridized carbons (Fsp3) is 0.588. The first-order valence-electron chi connectivity index (χ1n) is 7.53. The van der Waals surface area contributed by atoms with Gasteiger partial charge in [-0.1, -0.05) is 31.2 Å². The molecule has 0 radical (unpaired) electrons. The quantitative estimate of drug-likeness (QED) is 0.912. The van der Waals surface area contributed by atoms with Crippen LogP contribution < -0.4 is 0 Å². The van der Waals surface area contributed by atoms with E-state index >= 15 is 0 Å². The summed E-state index contributed by atoms with van der Waals surface area (Å²) in [6, 6.07) is 8.67. The van der Waals surface area contributed by atoms with Crippen LogP contribution in [0, 0.1) is 12.3 Å². The highest BCUT2D eigenvalue weighted by Gasteiger charge is 2.41. The normalized spacial score (nSPS) is 25.4. The molecule has 1 fully saturated rings. The van der Waals surface area contributed by atoms with Gasteiger partial charge in [-0.3, -0.25) is 9.69 Å². The lowest BCUT2D eigenvalue weighted by Crippen LogP contribution is -2.48. The summed E-state index contributed by atoms with van der Waals surface area (Å²) in [4.78, 5) is 14.0. The third-order valence-electron chi connectivity index (χ3n) is 4.92. The van der Waals surface area contributed by atoms with Gasteiger partial charge in [0.15, 0.2) is 0 Å². The van der Waals surface area contributed by atoms with Gasteiger partial charge in [0.1, 0.15) is 0 Å². The maximum absolute atomic E-state index is 11.7. The number of hydrogen-bond acceptors (Lipinski definition) is 2. The summed E-state index contributed by atoms with van der Waals surface area (Å²) in [6.07, 6.45) is 2.48. The van der Waals surface area contributed by atoms with E-state index in [1.807, 2.05) is 6.92 Å². The van der Waals surface area contributed by atoms with E-state index in [4.69, 9.17) is 0 Å². The Balaban J connectivity index is 2.21. The van der Waals surface area contributed by atoms with Crippen LogP contribution >= 0.6 is 0 Å². The molecule has 1 aromatic carbocycles. The number of hydrogen-bond donors (Lipinski definition) is 1. The molecule has 20 heavy (non-hydrogen) atoms. The Hall–Kier alpha value is -1.35. The van der Waals surface area contributed by atoms with Crippen molar-refractivity contribution < 1.29 is 9.90 Å². The lowest BCUT2D eigenvalue weighted by molar-refractivity contribution is -0.153. The van der Waals surface area contributed by atoms with E-state index in [0.717, 1.165) is 19.4 Å². The fourth-order valence-corrected chi connectivity index (χ4v) is 3.36. The zero-order valence-electron chi connectivity index (χ0n) is 12.7. The number of aliphatic carboxylic acids is 1. The molecule has 1 aromatic rings. The van der Waals surface area contributed by atoms with E-state index < -0.39 is 11.4 Å². The zero-order valence-corrected chi connectivity index (χ0v) is 12.7. The predicted molar refractivity (Wildman–Crippen MR) is 80.8 cm³/mol. The van der Waals surface area contributed by atoms with Crippen LogP contribution in [0.25, 0.3) is 0 Å². The summed E-state index contributed by atoms with van der Waals surface area (Å²) < 4.78 is 0. The van der Waals surface area contributed by atoms with Gasteiger partial charge in [0, 0.05) is 12.6 Å². The largest absolute Gasteiger partial charge is 0.481 e. The van der Waals surface area contributed by atoms with Crippen LogP contribution in [0.1, 0.15) is 50.3 Å². The van der Waals surface area contributed by atoms with Gasteiger partial charge in [-0.25, -0.2) is 0 Å². The molecule has 1 aliphatic rings. The number of piperidine rings is 1. The molecule has 2 atom stereocenters. The molecule has 3 heteroatoms. The van der Waals surface area contributed by atoms with Gasteiger partial charge in [0.2, 0.25) is 0 Å². The average molecular weight is 275 g/mol. The molecule has 0 aliphatic carbocycles. The Morgan fingerprint density at radius 2 is 2.15 bits per heavy atom. The Labute approximate surface area is 121 Å². The van der Waals surface area contributed by atoms with Crippen molar-refractivity contribution in [2.45, 2.75) is 46.1 Å². The van der Waals surface area contributed by atoms with E-state index in [-0.39, 0.29) is 6.04 Å². The number of aryl methyl sites for hydroxylation is 1. The number of carboxylic acid groups (broad SMARTS) is 1. The van der Waals surface area contributed by atoms with E-state index in [1.165, 1.54) is 11.1 Å². The van der Waals surface area contributed by atoms with E-state index in [1.54, 1.807) is 0 Å². The van der Waals surface area contributed by atoms with Gasteiger partial charge in [0.25, 0.3) is 0 Å². The molecule has 0 saturated carbocycles. The Kier molecular flexibility index (Phi) is 4.48. The summed E-state index contributed by atoms with van der Waals surface area (Å²) in [5.41, 5.74) is 2.03. The highest BCUT2D eigenvalue weighted by molar-refractivity contribution is 5.75. The van der Waals surface area contributed by atoms with E-state index in [2.05, 4.69) is 43.0 Å². The van der Waals surface area contributed by atoms with E-state index in [0.29, 0.717) is 13.0 Å². The van der Waals surface area contributed by atoms with Crippen LogP contribution in [0.5, 0.6) is 0 Å². The smallest absolute Gasteiger partial charge is 0.310 e. The maximum Gasteiger partial charge on any atom is 0.310 e. The van der Waals surface area contributed by atoms with Crippen molar-refractivity contribution in [2.75, 3.05) is 13.1 Å². The molecule has 0 aromatic heterocycles. The van der Waals surface area contributed by atoms with Crippen LogP contribution in [0.4, 0.5) is 0 Å². The molecule has 1 saturated heterocycles. The lowest BCUT2D eigenvalue weighted by Gasteiger charge is -2.42. The second-order valence-electron chi connectivity index (χ2n) is 6.05. The SMILES string of the molecule is CCC1(C(=O)O)CCCN(C(C)c2ccccc2C)C1. The number of rotatable bonds is 4. The summed E-state index contributed by atoms with van der Waals surface area (Å²) in [7, 11) is 0. The number of benzene rings is 1. The topological polar surface area (TPSA) is 40.5 Å². The molecule has 2 rings (SSSR count). The van der Waals surface area contributed by atoms with Crippen LogP contribution in [0.3, 0.4) is 0 Å². The monoisotopic (exact) mass is 275 g/mol. The maximum atomic E-state index is 11.7. The van der Waals surface area contributed by atoms with E-state index in [9.17, 15) is 9.90 Å². The molecule has 0 spiro atoms. The Bertz CT molecular complexity index is 486. The molecular weight excluding hydrogens is 250 g/mol. The fourth-order valence-electron chi connectivity index (χ4n) is 3.36. The molecule has 3 nitrogen and oxygen atoms in total. The van der Waals surface area contributed by atoms with Gasteiger partial charge in [-0.05, 0) is 50.8 Å². The van der Waals surface area contributed by atoms with Gasteiger partial charge >= 0.3 is 5.97 Å². The summed E-state index contributed by atoms with van der Waals surface area (Å²) in [5.74, 6) is -0.637. The van der Waals surface area contributed by atoms with Crippen molar-refractivity contribution in [2.24, 2.45) is 5.41 Å². The van der Waals surface area contributed by atoms with Crippen LogP contribution in [-0.4, -0.2) is 29.1 Å². The van der Waals surface area contributed by atoms with Crippen molar-refractivity contribution >= 4 is 5.97 Å². The molecule has 1 heterocycles. The molecule has 2 unspecified atom stereocenters. The third-order valence-corrected chi connectivity index (χ3v) is 4.92. The minimum Gasteiger partial charge on any atom is -0.481 e. The Morgan fingerprint density at radius 3 is 2.75 bits per heavy atom. The number of likely N-dealkylation sites (tertiary alicyclic amines) is 1. The van der Waals surface area contributed by atoms with Crippen LogP contribution in [0.2, 0.25) is 0 Å². The summed E-state index contributed by atoms with van der Waals surface area (Å²) in [6.45, 7) is 7.96. The number of carboxylic acids is 1. The van der Waals surface area contributed by atoms with Gasteiger partial charge in [-0.15, -0.1) is 0 Å². The lowest BCUT2D eigenvalue weighted by atomic mass is 9.77. The average Bonchev–Trinajstić information content (AvgIpc) is 2.47. The minimum atomic E-state index is -0.637. The van der Waals surface area contributed by atoms with Crippen molar-refractivity contribution in [1.82, 2.24) is 4.90 Å². The molecule has 110 valence electrons. The van der Waals surface area contributed by atoms with Crippen molar-refractivity contribution in [1.29, 1.82) is 0 Å². The first kappa shape index (κ1) is 15.0. The third kappa shape index (κ3) is 2.73.